The van der Waals surface area contributed by atoms with Crippen molar-refractivity contribution in [2.45, 2.75) is 6.42 Å². The Balaban J connectivity index is 2.57. The van der Waals surface area contributed by atoms with Gasteiger partial charge in [0.1, 0.15) is 0 Å². The Morgan fingerprint density at radius 3 is 2.30 bits per heavy atom. The van der Waals surface area contributed by atoms with E-state index >= 15 is 0 Å². The van der Waals surface area contributed by atoms with Crippen LogP contribution in [0.2, 0.25) is 0 Å². The molecule has 0 radical (unpaired) electrons. The largest absolute Gasteiger partial charge is 0.387 e. The van der Waals surface area contributed by atoms with Gasteiger partial charge >= 0.3 is 0 Å². The van der Waals surface area contributed by atoms with Gasteiger partial charge in [-0.15, -0.1) is 0 Å². The van der Waals surface area contributed by atoms with Crippen LogP contribution >= 0.6 is 0 Å². The molecule has 0 bridgehead atoms. The third-order valence-electron chi connectivity index (χ3n) is 1.74. The highest BCUT2D eigenvalue weighted by Crippen LogP contribution is 2.28. The van der Waals surface area contributed by atoms with Crippen molar-refractivity contribution in [2.75, 3.05) is 19.9 Å². The molecule has 0 aliphatic carbocycles. The number of amidine groups is 1. The van der Waals surface area contributed by atoms with Gasteiger partial charge in [0.05, 0.1) is 31.1 Å². The molecule has 0 aromatic heterocycles. The van der Waals surface area contributed by atoms with Crippen LogP contribution in [0.4, 0.5) is 8.78 Å². The standard InChI is InChI=1S/C6H10F2N2/c7-2-6(3-8)1-5(9)10-4-6/h1-4H2,(H2,9,10). The maximum absolute atomic E-state index is 12.2. The van der Waals surface area contributed by atoms with Gasteiger partial charge in [-0.25, -0.2) is 0 Å². The van der Waals surface area contributed by atoms with Crippen LogP contribution in [0, 0.1) is 5.41 Å². The summed E-state index contributed by atoms with van der Waals surface area (Å²) in [5.41, 5.74) is 4.37. The molecule has 0 amide bonds. The summed E-state index contributed by atoms with van der Waals surface area (Å²) in [6, 6.07) is 0. The molecule has 58 valence electrons. The Hall–Kier alpha value is -0.670. The van der Waals surface area contributed by atoms with E-state index in [0.29, 0.717) is 5.84 Å². The number of nitrogens with two attached hydrogens (primary N) is 1. The maximum atomic E-state index is 12.2. The SMILES string of the molecule is NC1=NCC(CF)(CF)C1. The summed E-state index contributed by atoms with van der Waals surface area (Å²) in [4.78, 5) is 3.75. The smallest absolute Gasteiger partial charge is 0.0997 e. The zero-order valence-corrected chi connectivity index (χ0v) is 5.61. The molecule has 0 atom stereocenters. The predicted octanol–water partition coefficient (Wildman–Crippen LogP) is 0.673. The summed E-state index contributed by atoms with van der Waals surface area (Å²) in [5.74, 6) is 0.371. The number of hydrogen-bond acceptors (Lipinski definition) is 2. The van der Waals surface area contributed by atoms with Gasteiger partial charge in [-0.2, -0.15) is 0 Å². The van der Waals surface area contributed by atoms with E-state index in [0.717, 1.165) is 0 Å². The number of aliphatic imine (C=N–C) groups is 1. The Morgan fingerprint density at radius 2 is 2.10 bits per heavy atom. The lowest BCUT2D eigenvalue weighted by Crippen LogP contribution is -2.28. The zero-order valence-electron chi connectivity index (χ0n) is 5.61. The fourth-order valence-corrected chi connectivity index (χ4v) is 0.980. The average Bonchev–Trinajstić information content (AvgIpc) is 2.33. The summed E-state index contributed by atoms with van der Waals surface area (Å²) in [6.45, 7) is -1.15. The lowest BCUT2D eigenvalue weighted by atomic mass is 9.90. The van der Waals surface area contributed by atoms with Crippen molar-refractivity contribution in [3.8, 4) is 0 Å². The molecule has 0 aromatic carbocycles. The number of rotatable bonds is 2. The Labute approximate surface area is 58.1 Å². The molecule has 1 aliphatic rings. The molecule has 2 N–H and O–H groups in total. The summed E-state index contributed by atoms with van der Waals surface area (Å²) >= 11 is 0. The minimum absolute atomic E-state index is 0.200. The summed E-state index contributed by atoms with van der Waals surface area (Å²) < 4.78 is 24.3. The van der Waals surface area contributed by atoms with Crippen molar-refractivity contribution < 1.29 is 8.78 Å². The molecule has 0 unspecified atom stereocenters. The summed E-state index contributed by atoms with van der Waals surface area (Å²) in [7, 11) is 0. The van der Waals surface area contributed by atoms with Crippen molar-refractivity contribution in [2.24, 2.45) is 16.1 Å². The minimum atomic E-state index is -0.913. The topological polar surface area (TPSA) is 38.4 Å². The normalized spacial score (nSPS) is 22.8. The Kier molecular flexibility index (Phi) is 1.87. The van der Waals surface area contributed by atoms with Crippen molar-refractivity contribution in [1.29, 1.82) is 0 Å². The predicted molar refractivity (Wildman–Crippen MR) is 35.5 cm³/mol. The van der Waals surface area contributed by atoms with Gasteiger partial charge in [-0.3, -0.25) is 13.8 Å². The molecule has 1 rings (SSSR count). The quantitative estimate of drug-likeness (QED) is 0.614. The van der Waals surface area contributed by atoms with Crippen LogP contribution in [0.5, 0.6) is 0 Å². The number of alkyl halides is 2. The molecule has 1 aliphatic heterocycles. The van der Waals surface area contributed by atoms with Gasteiger partial charge in [0.2, 0.25) is 0 Å². The van der Waals surface area contributed by atoms with Gasteiger partial charge in [0.25, 0.3) is 0 Å². The van der Waals surface area contributed by atoms with Gasteiger partial charge in [0, 0.05) is 6.42 Å². The molecule has 10 heavy (non-hydrogen) atoms. The third kappa shape index (κ3) is 1.10. The van der Waals surface area contributed by atoms with Crippen LogP contribution < -0.4 is 5.73 Å². The molecule has 2 nitrogen and oxygen atoms in total. The zero-order chi connectivity index (χ0) is 7.61. The van der Waals surface area contributed by atoms with Crippen LogP contribution in [-0.2, 0) is 0 Å². The molecule has 0 aromatic rings. The lowest BCUT2D eigenvalue weighted by molar-refractivity contribution is 0.179. The van der Waals surface area contributed by atoms with Gasteiger partial charge < -0.3 is 5.73 Å². The Bertz CT molecular complexity index is 152. The van der Waals surface area contributed by atoms with Gasteiger partial charge in [0.15, 0.2) is 0 Å². The van der Waals surface area contributed by atoms with Gasteiger partial charge in [-0.05, 0) is 0 Å². The fourth-order valence-electron chi connectivity index (χ4n) is 0.980. The van der Waals surface area contributed by atoms with E-state index < -0.39 is 18.8 Å². The fraction of sp³-hybridized carbons (Fsp3) is 0.833. The number of nitrogens with zero attached hydrogens (tertiary/aromatic N) is 1. The van der Waals surface area contributed by atoms with Crippen LogP contribution in [0.1, 0.15) is 6.42 Å². The van der Waals surface area contributed by atoms with E-state index in [9.17, 15) is 8.78 Å². The summed E-state index contributed by atoms with van der Waals surface area (Å²) in [6.07, 6.45) is 0.264. The van der Waals surface area contributed by atoms with E-state index in [1.165, 1.54) is 0 Å². The van der Waals surface area contributed by atoms with Crippen molar-refractivity contribution in [3.63, 3.8) is 0 Å². The molecule has 1 heterocycles. The third-order valence-corrected chi connectivity index (χ3v) is 1.74. The van der Waals surface area contributed by atoms with E-state index in [-0.39, 0.29) is 13.0 Å². The van der Waals surface area contributed by atoms with E-state index in [4.69, 9.17) is 5.73 Å². The first-order valence-corrected chi connectivity index (χ1v) is 3.13. The molecule has 0 saturated heterocycles. The Morgan fingerprint density at radius 1 is 1.50 bits per heavy atom. The van der Waals surface area contributed by atoms with E-state index in [1.54, 1.807) is 0 Å². The van der Waals surface area contributed by atoms with Crippen LogP contribution in [-0.4, -0.2) is 25.7 Å². The van der Waals surface area contributed by atoms with E-state index in [1.807, 2.05) is 0 Å². The second-order valence-electron chi connectivity index (χ2n) is 2.75. The highest BCUT2D eigenvalue weighted by molar-refractivity contribution is 5.82. The minimum Gasteiger partial charge on any atom is -0.387 e. The van der Waals surface area contributed by atoms with Crippen LogP contribution in [0.15, 0.2) is 4.99 Å². The van der Waals surface area contributed by atoms with Crippen LogP contribution in [0.25, 0.3) is 0 Å². The lowest BCUT2D eigenvalue weighted by Gasteiger charge is -2.18. The molecule has 0 fully saturated rings. The molecule has 4 heteroatoms. The number of halogens is 2. The highest BCUT2D eigenvalue weighted by Gasteiger charge is 2.35. The van der Waals surface area contributed by atoms with Crippen molar-refractivity contribution in [3.05, 3.63) is 0 Å². The van der Waals surface area contributed by atoms with Crippen molar-refractivity contribution in [1.82, 2.24) is 0 Å². The molecular formula is C6H10F2N2. The first-order chi connectivity index (χ1) is 4.72. The van der Waals surface area contributed by atoms with E-state index in [2.05, 4.69) is 4.99 Å². The van der Waals surface area contributed by atoms with Crippen molar-refractivity contribution >= 4 is 5.84 Å². The summed E-state index contributed by atoms with van der Waals surface area (Å²) in [5, 5.41) is 0. The first kappa shape index (κ1) is 7.44. The second-order valence-corrected chi connectivity index (χ2v) is 2.75. The number of hydrogen-bond donors (Lipinski definition) is 1. The molecule has 0 saturated carbocycles. The maximum Gasteiger partial charge on any atom is 0.0997 e. The highest BCUT2D eigenvalue weighted by atomic mass is 19.1. The second kappa shape index (κ2) is 2.52. The average molecular weight is 148 g/mol. The molecule has 0 spiro atoms. The van der Waals surface area contributed by atoms with Crippen LogP contribution in [0.3, 0.4) is 0 Å². The monoisotopic (exact) mass is 148 g/mol. The molecular weight excluding hydrogens is 138 g/mol. The van der Waals surface area contributed by atoms with Gasteiger partial charge in [-0.1, -0.05) is 0 Å². The first-order valence-electron chi connectivity index (χ1n) is 3.13.